The lowest BCUT2D eigenvalue weighted by Gasteiger charge is -2.32. The molecule has 0 aliphatic carbocycles. The van der Waals surface area contributed by atoms with Crippen LogP contribution in [0.2, 0.25) is 0 Å². The summed E-state index contributed by atoms with van der Waals surface area (Å²) in [4.78, 5) is 92.1. The van der Waals surface area contributed by atoms with E-state index in [1.807, 2.05) is 54.6 Å². The first-order valence-corrected chi connectivity index (χ1v) is 21.4. The molecule has 9 N–H and O–H groups in total. The molecule has 0 radical (unpaired) electrons. The molecule has 0 spiro atoms. The minimum absolute atomic E-state index is 0.149. The maximum atomic E-state index is 14.2. The Morgan fingerprint density at radius 3 is 2.20 bits per heavy atom. The number of nitrogens with two attached hydrogens (primary N) is 1. The molecular formula is C40H46N4O10P2. The number of rotatable bonds is 10. The highest BCUT2D eigenvalue weighted by molar-refractivity contribution is 7.60. The third-order valence-corrected chi connectivity index (χ3v) is 11.5. The quantitative estimate of drug-likeness (QED) is 0.0860. The van der Waals surface area contributed by atoms with E-state index in [0.29, 0.717) is 29.5 Å². The van der Waals surface area contributed by atoms with E-state index in [-0.39, 0.29) is 30.6 Å². The van der Waals surface area contributed by atoms with Gasteiger partial charge >= 0.3 is 15.2 Å². The van der Waals surface area contributed by atoms with Gasteiger partial charge in [0.05, 0.1) is 17.9 Å². The van der Waals surface area contributed by atoms with Gasteiger partial charge in [-0.15, -0.1) is 0 Å². The van der Waals surface area contributed by atoms with Crippen LogP contribution >= 0.6 is 15.2 Å². The van der Waals surface area contributed by atoms with Crippen molar-refractivity contribution in [2.75, 3.05) is 6.54 Å². The van der Waals surface area contributed by atoms with Gasteiger partial charge in [0.25, 0.3) is 0 Å². The van der Waals surface area contributed by atoms with E-state index < -0.39 is 68.9 Å². The van der Waals surface area contributed by atoms with Crippen LogP contribution in [0, 0.1) is 5.92 Å². The van der Waals surface area contributed by atoms with E-state index in [2.05, 4.69) is 16.0 Å². The Balaban J connectivity index is 1.52. The van der Waals surface area contributed by atoms with Crippen molar-refractivity contribution in [2.45, 2.75) is 62.7 Å². The Kier molecular flexibility index (Phi) is 13.5. The van der Waals surface area contributed by atoms with Gasteiger partial charge in [-0.2, -0.15) is 0 Å². The number of benzene rings is 4. The first-order valence-electron chi connectivity index (χ1n) is 18.0. The highest BCUT2D eigenvalue weighted by Crippen LogP contribution is 2.39. The minimum atomic E-state index is -4.56. The maximum Gasteiger partial charge on any atom is 0.356 e. The molecule has 4 aromatic rings. The number of carbonyl (C=O) groups excluding carboxylic acids is 4. The van der Waals surface area contributed by atoms with Crippen molar-refractivity contribution in [2.24, 2.45) is 11.7 Å². The second kappa shape index (κ2) is 17.9. The van der Waals surface area contributed by atoms with E-state index in [1.54, 1.807) is 24.3 Å². The Morgan fingerprint density at radius 2 is 1.54 bits per heavy atom. The van der Waals surface area contributed by atoms with Gasteiger partial charge in [0.2, 0.25) is 23.6 Å². The normalized spacial score (nSPS) is 22.2. The lowest BCUT2D eigenvalue weighted by atomic mass is 9.89. The average molecular weight is 805 g/mol. The standard InChI is InChI=1S/C40H46N4O10P2/c1-40(23-26-14-18-33(19-15-26)56(52,53)54)39(48)43-35(22-36(41)45)38(47)42-24-28(20-32-10-5-8-30-7-2-3-11-34(30)32)6-4-9-31(21-37(46)44-40)29-16-12-27(13-17-29)25-55(49,50)51/h2-5,7-19,28,31,35H,6,20-25H2,1H3,(H2,41,45)(H,42,47)(H,43,48)(H,44,46)(H2,49,50,51)(H2,52,53,54)/b9-4+/t28-,31?,35-,40-/m0/s1. The number of hydrogen-bond donors (Lipinski definition) is 8. The van der Waals surface area contributed by atoms with Crippen molar-refractivity contribution >= 4 is 54.9 Å². The molecule has 16 heteroatoms. The number of carbonyl (C=O) groups is 4. The number of hydrogen-bond acceptors (Lipinski definition) is 6. The van der Waals surface area contributed by atoms with Gasteiger partial charge in [0.15, 0.2) is 0 Å². The molecule has 296 valence electrons. The summed E-state index contributed by atoms with van der Waals surface area (Å²) in [7, 11) is -8.89. The third kappa shape index (κ3) is 11.8. The van der Waals surface area contributed by atoms with Crippen molar-refractivity contribution < 1.29 is 47.9 Å². The predicted octanol–water partition coefficient (Wildman–Crippen LogP) is 3.21. The molecule has 1 aliphatic heterocycles. The molecule has 1 aliphatic rings. The van der Waals surface area contributed by atoms with Crippen molar-refractivity contribution in [3.05, 3.63) is 125 Å². The van der Waals surface area contributed by atoms with E-state index >= 15 is 0 Å². The molecular weight excluding hydrogens is 758 g/mol. The molecule has 0 aromatic heterocycles. The molecule has 0 saturated carbocycles. The third-order valence-electron chi connectivity index (χ3n) is 9.77. The highest BCUT2D eigenvalue weighted by atomic mass is 31.2. The molecule has 0 bridgehead atoms. The van der Waals surface area contributed by atoms with Crippen LogP contribution in [0.4, 0.5) is 0 Å². The number of primary amides is 1. The molecule has 0 fully saturated rings. The molecule has 5 rings (SSSR count). The van der Waals surface area contributed by atoms with E-state index in [1.165, 1.54) is 31.2 Å². The zero-order valence-electron chi connectivity index (χ0n) is 30.7. The molecule has 4 aromatic carbocycles. The minimum Gasteiger partial charge on any atom is -0.370 e. The van der Waals surface area contributed by atoms with Gasteiger partial charge in [-0.25, -0.2) is 0 Å². The number of nitrogens with one attached hydrogen (secondary N) is 3. The van der Waals surface area contributed by atoms with Crippen LogP contribution < -0.4 is 27.0 Å². The first-order chi connectivity index (χ1) is 26.4. The fourth-order valence-corrected chi connectivity index (χ4v) is 8.14. The van der Waals surface area contributed by atoms with E-state index in [0.717, 1.165) is 16.3 Å². The van der Waals surface area contributed by atoms with Crippen molar-refractivity contribution in [1.82, 2.24) is 16.0 Å². The fourth-order valence-electron chi connectivity index (χ4n) is 6.91. The number of allylic oxidation sites excluding steroid dienone is 2. The van der Waals surface area contributed by atoms with Crippen molar-refractivity contribution in [3.8, 4) is 0 Å². The molecule has 1 heterocycles. The van der Waals surface area contributed by atoms with Crippen molar-refractivity contribution in [1.29, 1.82) is 0 Å². The van der Waals surface area contributed by atoms with Gasteiger partial charge in [-0.1, -0.05) is 91.0 Å². The average Bonchev–Trinajstić information content (AvgIpc) is 3.12. The predicted molar refractivity (Wildman–Crippen MR) is 212 cm³/mol. The van der Waals surface area contributed by atoms with Crippen LogP contribution in [0.25, 0.3) is 10.8 Å². The summed E-state index contributed by atoms with van der Waals surface area (Å²) in [6.45, 7) is 1.61. The van der Waals surface area contributed by atoms with Crippen LogP contribution in [-0.2, 0) is 47.3 Å². The number of fused-ring (bicyclic) bond motifs is 1. The zero-order valence-corrected chi connectivity index (χ0v) is 32.5. The lowest BCUT2D eigenvalue weighted by molar-refractivity contribution is -0.136. The summed E-state index contributed by atoms with van der Waals surface area (Å²) >= 11 is 0. The van der Waals surface area contributed by atoms with Crippen LogP contribution in [0.1, 0.15) is 54.4 Å². The SMILES string of the molecule is C[C@@]1(Cc2ccc(P(=O)(O)O)cc2)NC(=O)CC(c2ccc(CP(=O)(O)O)cc2)/C=C/C[C@@H](Cc2cccc3ccccc23)CNC(=O)[C@H](CC(N)=O)NC1=O. The molecule has 4 amide bonds. The summed E-state index contributed by atoms with van der Waals surface area (Å²) in [5.74, 6) is -3.56. The molecule has 0 saturated heterocycles. The summed E-state index contributed by atoms with van der Waals surface area (Å²) < 4.78 is 23.4. The summed E-state index contributed by atoms with van der Waals surface area (Å²) in [6, 6.07) is 24.4. The fraction of sp³-hybridized carbons (Fsp3) is 0.300. The lowest BCUT2D eigenvalue weighted by Crippen LogP contribution is -2.62. The Morgan fingerprint density at radius 1 is 0.875 bits per heavy atom. The van der Waals surface area contributed by atoms with Gasteiger partial charge in [-0.05, 0) is 70.8 Å². The molecule has 56 heavy (non-hydrogen) atoms. The van der Waals surface area contributed by atoms with E-state index in [9.17, 15) is 47.9 Å². The monoisotopic (exact) mass is 804 g/mol. The molecule has 14 nitrogen and oxygen atoms in total. The van der Waals surface area contributed by atoms with Crippen LogP contribution in [0.3, 0.4) is 0 Å². The second-order valence-electron chi connectivity index (χ2n) is 14.5. The van der Waals surface area contributed by atoms with Crippen LogP contribution in [0.5, 0.6) is 0 Å². The van der Waals surface area contributed by atoms with E-state index in [4.69, 9.17) is 5.73 Å². The smallest absolute Gasteiger partial charge is 0.356 e. The van der Waals surface area contributed by atoms with Gasteiger partial charge < -0.3 is 41.3 Å². The second-order valence-corrected chi connectivity index (χ2v) is 17.7. The summed E-state index contributed by atoms with van der Waals surface area (Å²) in [6.07, 6.45) is 3.53. The van der Waals surface area contributed by atoms with Gasteiger partial charge in [0.1, 0.15) is 11.6 Å². The topological polar surface area (TPSA) is 245 Å². The summed E-state index contributed by atoms with van der Waals surface area (Å²) in [5, 5.41) is 10.2. The zero-order chi connectivity index (χ0) is 40.7. The Labute approximate surface area is 324 Å². The molecule has 4 atom stereocenters. The van der Waals surface area contributed by atoms with Gasteiger partial charge in [-0.3, -0.25) is 28.3 Å². The van der Waals surface area contributed by atoms with Crippen LogP contribution in [0.15, 0.2) is 103 Å². The van der Waals surface area contributed by atoms with Gasteiger partial charge in [0, 0.05) is 25.3 Å². The largest absolute Gasteiger partial charge is 0.370 e. The van der Waals surface area contributed by atoms with Crippen molar-refractivity contribution in [3.63, 3.8) is 0 Å². The first kappa shape index (κ1) is 42.2. The summed E-state index contributed by atoms with van der Waals surface area (Å²) in [5.41, 5.74) is 6.35. The molecule has 1 unspecified atom stereocenters. The Hall–Kier alpha value is -4.94. The van der Waals surface area contributed by atoms with Crippen LogP contribution in [-0.4, -0.2) is 61.3 Å². The highest BCUT2D eigenvalue weighted by Gasteiger charge is 2.38. The number of amides is 4. The Bertz CT molecular complexity index is 2200. The maximum absolute atomic E-state index is 14.2.